The van der Waals surface area contributed by atoms with E-state index in [1.165, 1.54) is 22.3 Å². The quantitative estimate of drug-likeness (QED) is 0.510. The molecule has 0 fully saturated rings. The van der Waals surface area contributed by atoms with Crippen molar-refractivity contribution in [2.24, 2.45) is 0 Å². The molecule has 2 aromatic rings. The van der Waals surface area contributed by atoms with Gasteiger partial charge in [0.2, 0.25) is 0 Å². The molecule has 0 unspecified atom stereocenters. The van der Waals surface area contributed by atoms with Crippen molar-refractivity contribution < 1.29 is 0 Å². The Morgan fingerprint density at radius 2 is 1.70 bits per heavy atom. The summed E-state index contributed by atoms with van der Waals surface area (Å²) in [5, 5.41) is 0. The fraction of sp³-hybridized carbons (Fsp3) is 0.0500. The largest absolute Gasteiger partial charge is 0.171 e. The van der Waals surface area contributed by atoms with E-state index in [1.54, 1.807) is 0 Å². The number of rotatable bonds is 1. The Balaban J connectivity index is 1.93. The topological polar surface area (TPSA) is 0 Å². The second-order valence-corrected chi connectivity index (χ2v) is 5.02. The molecule has 0 heteroatoms. The highest BCUT2D eigenvalue weighted by molar-refractivity contribution is 6.07. The summed E-state index contributed by atoms with van der Waals surface area (Å²) < 4.78 is 0. The van der Waals surface area contributed by atoms with E-state index >= 15 is 0 Å². The zero-order chi connectivity index (χ0) is 13.4. The van der Waals surface area contributed by atoms with Crippen LogP contribution in [0.4, 0.5) is 0 Å². The number of benzene rings is 2. The first-order valence-corrected chi connectivity index (χ1v) is 6.87. The smallest absolute Gasteiger partial charge is 0.0628 e. The highest BCUT2D eigenvalue weighted by atomic mass is 14.2. The molecule has 0 nitrogen and oxygen atoms in total. The van der Waals surface area contributed by atoms with Crippen molar-refractivity contribution in [3.05, 3.63) is 94.7 Å². The van der Waals surface area contributed by atoms with Crippen LogP contribution < -0.4 is 0 Å². The lowest BCUT2D eigenvalue weighted by atomic mass is 9.84. The minimum absolute atomic E-state index is 0.963. The second-order valence-electron chi connectivity index (χ2n) is 5.02. The summed E-state index contributed by atoms with van der Waals surface area (Å²) in [5.74, 6) is 0. The molecule has 2 aliphatic carbocycles. The fourth-order valence-electron chi connectivity index (χ4n) is 2.86. The van der Waals surface area contributed by atoms with Crippen LogP contribution in [0.3, 0.4) is 0 Å². The van der Waals surface area contributed by atoms with Gasteiger partial charge in [-0.2, -0.15) is 0 Å². The van der Waals surface area contributed by atoms with Gasteiger partial charge in [0.1, 0.15) is 5.57 Å². The Hall–Kier alpha value is -2.65. The summed E-state index contributed by atoms with van der Waals surface area (Å²) in [7, 11) is 0. The van der Waals surface area contributed by atoms with E-state index in [4.69, 9.17) is 0 Å². The monoisotopic (exact) mass is 253 g/mol. The molecule has 2 aliphatic rings. The summed E-state index contributed by atoms with van der Waals surface area (Å²) in [6.07, 6.45) is 10.6. The van der Waals surface area contributed by atoms with Crippen LogP contribution >= 0.6 is 0 Å². The van der Waals surface area contributed by atoms with Crippen molar-refractivity contribution in [3.63, 3.8) is 0 Å². The van der Waals surface area contributed by atoms with Gasteiger partial charge in [-0.1, -0.05) is 36.1 Å². The van der Waals surface area contributed by atoms with Gasteiger partial charge < -0.3 is 0 Å². The Bertz CT molecular complexity index is 809. The Morgan fingerprint density at radius 3 is 2.65 bits per heavy atom. The van der Waals surface area contributed by atoms with E-state index in [-0.39, 0.29) is 0 Å². The zero-order valence-corrected chi connectivity index (χ0v) is 11.1. The number of hydrogen-bond acceptors (Lipinski definition) is 0. The first-order valence-electron chi connectivity index (χ1n) is 6.87. The van der Waals surface area contributed by atoms with Gasteiger partial charge in [0.15, 0.2) is 5.57 Å². The lowest BCUT2D eigenvalue weighted by molar-refractivity contribution is 1.24. The van der Waals surface area contributed by atoms with E-state index in [0.29, 0.717) is 0 Å². The van der Waals surface area contributed by atoms with Crippen LogP contribution in [0.15, 0.2) is 66.4 Å². The lowest BCUT2D eigenvalue weighted by Crippen LogP contribution is -2.00. The van der Waals surface area contributed by atoms with E-state index in [0.717, 1.165) is 17.6 Å². The number of allylic oxidation sites excluding steroid dienone is 4. The van der Waals surface area contributed by atoms with Gasteiger partial charge in [0.05, 0.1) is 17.2 Å². The maximum atomic E-state index is 3.44. The molecule has 0 radical (unpaired) electrons. The number of hydrogen-bond donors (Lipinski definition) is 0. The third kappa shape index (κ3) is 1.68. The molecule has 2 aromatic carbocycles. The Labute approximate surface area is 119 Å². The van der Waals surface area contributed by atoms with Gasteiger partial charge in [-0.15, -0.1) is 0 Å². The zero-order valence-electron chi connectivity index (χ0n) is 11.1. The standard InChI is InChI=1S/C20H13/c1-3-11-17-15(7-1)9-5-13-19(17)20-14-6-10-16-8-2-4-12-18(16)20/h1-9,11-12H,10H2/q+1. The van der Waals surface area contributed by atoms with Crippen molar-refractivity contribution in [1.82, 2.24) is 0 Å². The molecule has 0 saturated carbocycles. The highest BCUT2D eigenvalue weighted by Crippen LogP contribution is 2.37. The normalized spacial score (nSPS) is 14.8. The van der Waals surface area contributed by atoms with E-state index in [9.17, 15) is 0 Å². The SMILES string of the molecule is C1=CCc2ccccc2C=1C1=[C+]C=Cc2ccccc21. The van der Waals surface area contributed by atoms with Crippen LogP contribution in [0.25, 0.3) is 17.2 Å². The third-order valence-corrected chi connectivity index (χ3v) is 3.83. The van der Waals surface area contributed by atoms with Crippen LogP contribution in [0.5, 0.6) is 0 Å². The summed E-state index contributed by atoms with van der Waals surface area (Å²) in [4.78, 5) is 0. The van der Waals surface area contributed by atoms with Crippen molar-refractivity contribution >= 4 is 17.2 Å². The van der Waals surface area contributed by atoms with E-state index in [2.05, 4.69) is 72.5 Å². The molecule has 20 heavy (non-hydrogen) atoms. The predicted octanol–water partition coefficient (Wildman–Crippen LogP) is 4.69. The summed E-state index contributed by atoms with van der Waals surface area (Å²) in [5.41, 5.74) is 10.9. The maximum Gasteiger partial charge on any atom is 0.171 e. The molecule has 0 aliphatic heterocycles. The third-order valence-electron chi connectivity index (χ3n) is 3.83. The number of fused-ring (bicyclic) bond motifs is 2. The molecule has 4 rings (SSSR count). The van der Waals surface area contributed by atoms with E-state index < -0.39 is 0 Å². The Morgan fingerprint density at radius 1 is 0.900 bits per heavy atom. The van der Waals surface area contributed by atoms with Crippen LogP contribution in [0.2, 0.25) is 0 Å². The first-order chi connectivity index (χ1) is 9.93. The molecule has 0 amide bonds. The molecular formula is C20H13+. The molecule has 92 valence electrons. The van der Waals surface area contributed by atoms with Gasteiger partial charge in [0, 0.05) is 24.1 Å². The average Bonchev–Trinajstić information content (AvgIpc) is 2.54. The highest BCUT2D eigenvalue weighted by Gasteiger charge is 2.26. The molecule has 0 N–H and O–H groups in total. The lowest BCUT2D eigenvalue weighted by Gasteiger charge is -2.12. The van der Waals surface area contributed by atoms with Crippen molar-refractivity contribution in [2.75, 3.05) is 0 Å². The van der Waals surface area contributed by atoms with Gasteiger partial charge in [0.25, 0.3) is 0 Å². The van der Waals surface area contributed by atoms with Gasteiger partial charge in [-0.25, -0.2) is 0 Å². The van der Waals surface area contributed by atoms with Crippen LogP contribution in [0, 0.1) is 6.08 Å². The molecule has 0 heterocycles. The van der Waals surface area contributed by atoms with Crippen molar-refractivity contribution in [2.45, 2.75) is 6.42 Å². The molecule has 0 saturated heterocycles. The van der Waals surface area contributed by atoms with Gasteiger partial charge in [-0.05, 0) is 29.8 Å². The van der Waals surface area contributed by atoms with Crippen LogP contribution in [-0.2, 0) is 6.42 Å². The molecule has 0 spiro atoms. The predicted molar refractivity (Wildman–Crippen MR) is 83.8 cm³/mol. The van der Waals surface area contributed by atoms with Crippen molar-refractivity contribution in [1.29, 1.82) is 0 Å². The average molecular weight is 253 g/mol. The summed E-state index contributed by atoms with van der Waals surface area (Å²) in [6, 6.07) is 17.0. The van der Waals surface area contributed by atoms with Crippen LogP contribution in [-0.4, -0.2) is 0 Å². The molecular weight excluding hydrogens is 240 g/mol. The summed E-state index contributed by atoms with van der Waals surface area (Å²) >= 11 is 0. The molecule has 0 bridgehead atoms. The minimum Gasteiger partial charge on any atom is -0.0628 e. The van der Waals surface area contributed by atoms with Gasteiger partial charge >= 0.3 is 0 Å². The van der Waals surface area contributed by atoms with Crippen molar-refractivity contribution in [3.8, 4) is 0 Å². The first kappa shape index (κ1) is 11.2. The maximum absolute atomic E-state index is 3.44. The second kappa shape index (κ2) is 4.47. The summed E-state index contributed by atoms with van der Waals surface area (Å²) in [6.45, 7) is 0. The Kier molecular flexibility index (Phi) is 2.50. The molecule has 0 atom stereocenters. The molecule has 0 aromatic heterocycles. The fourth-order valence-corrected chi connectivity index (χ4v) is 2.86. The van der Waals surface area contributed by atoms with Crippen LogP contribution in [0.1, 0.15) is 22.3 Å². The minimum atomic E-state index is 0.963. The van der Waals surface area contributed by atoms with Gasteiger partial charge in [-0.3, -0.25) is 0 Å². The van der Waals surface area contributed by atoms with E-state index in [1.807, 2.05) is 6.08 Å².